The van der Waals surface area contributed by atoms with E-state index in [0.717, 1.165) is 17.8 Å². The lowest BCUT2D eigenvalue weighted by atomic mass is 10.00. The number of aliphatic hydroxyl groups is 1. The van der Waals surface area contributed by atoms with Gasteiger partial charge in [0.25, 0.3) is 5.78 Å². The maximum Gasteiger partial charge on any atom is 0.350 e. The molecule has 1 aliphatic heterocycles. The zero-order valence-electron chi connectivity index (χ0n) is 19.4. The first-order valence-corrected chi connectivity index (χ1v) is 12.8. The van der Waals surface area contributed by atoms with E-state index in [2.05, 4.69) is 4.98 Å². The molecule has 1 atom stereocenters. The summed E-state index contributed by atoms with van der Waals surface area (Å²) >= 11 is 2.33. The number of nitrogens with zero attached hydrogens (tertiary/aromatic N) is 2. The molecule has 0 radical (unpaired) electrons. The standard InChI is InChI=1S/C25H24N2O6S2/c1-4-12-33-16-10-8-15(9-11-16)20(28)18-19(17-7-6-13-34-17)27(23(30)21(18)29)25-26-14(3)22(35-25)24(31)32-5-2/h6-11,13,19,28H,4-5,12H2,1-3H3/b20-18+/t19-/m0/s1. The molecule has 182 valence electrons. The number of aliphatic hydroxyl groups excluding tert-OH is 1. The van der Waals surface area contributed by atoms with E-state index < -0.39 is 23.7 Å². The molecule has 35 heavy (non-hydrogen) atoms. The molecular weight excluding hydrogens is 488 g/mol. The van der Waals surface area contributed by atoms with Crippen molar-refractivity contribution < 1.29 is 29.0 Å². The third-order valence-corrected chi connectivity index (χ3v) is 7.37. The monoisotopic (exact) mass is 512 g/mol. The smallest absolute Gasteiger partial charge is 0.350 e. The minimum atomic E-state index is -0.883. The van der Waals surface area contributed by atoms with Gasteiger partial charge in [-0.15, -0.1) is 11.3 Å². The molecule has 1 fully saturated rings. The van der Waals surface area contributed by atoms with E-state index >= 15 is 0 Å². The molecule has 0 bridgehead atoms. The fourth-order valence-corrected chi connectivity index (χ4v) is 5.51. The third-order valence-electron chi connectivity index (χ3n) is 5.31. The Morgan fingerprint density at radius 2 is 1.91 bits per heavy atom. The number of anilines is 1. The Morgan fingerprint density at radius 1 is 1.17 bits per heavy atom. The van der Waals surface area contributed by atoms with Gasteiger partial charge in [0.05, 0.1) is 24.5 Å². The predicted octanol–water partition coefficient (Wildman–Crippen LogP) is 5.10. The van der Waals surface area contributed by atoms with E-state index in [1.807, 2.05) is 12.3 Å². The Morgan fingerprint density at radius 3 is 2.54 bits per heavy atom. The maximum absolute atomic E-state index is 13.2. The van der Waals surface area contributed by atoms with Gasteiger partial charge >= 0.3 is 11.9 Å². The number of thiazole rings is 1. The average molecular weight is 513 g/mol. The highest BCUT2D eigenvalue weighted by Crippen LogP contribution is 2.45. The summed E-state index contributed by atoms with van der Waals surface area (Å²) in [6.45, 7) is 6.12. The summed E-state index contributed by atoms with van der Waals surface area (Å²) < 4.78 is 10.7. The Labute approximate surface area is 210 Å². The molecule has 2 aromatic heterocycles. The highest BCUT2D eigenvalue weighted by atomic mass is 32.1. The molecule has 1 aliphatic rings. The van der Waals surface area contributed by atoms with Gasteiger partial charge in [-0.1, -0.05) is 24.3 Å². The van der Waals surface area contributed by atoms with Crippen LogP contribution >= 0.6 is 22.7 Å². The zero-order chi connectivity index (χ0) is 25.1. The van der Waals surface area contributed by atoms with Gasteiger partial charge in [0.2, 0.25) is 0 Å². The molecule has 0 unspecified atom stereocenters. The quantitative estimate of drug-likeness (QED) is 0.194. The lowest BCUT2D eigenvalue weighted by molar-refractivity contribution is -0.132. The van der Waals surface area contributed by atoms with Crippen molar-refractivity contribution in [2.24, 2.45) is 0 Å². The fourth-order valence-electron chi connectivity index (χ4n) is 3.70. The number of rotatable bonds is 8. The Hall–Kier alpha value is -3.50. The van der Waals surface area contributed by atoms with Crippen molar-refractivity contribution >= 4 is 51.2 Å². The van der Waals surface area contributed by atoms with Crippen LogP contribution in [0.4, 0.5) is 5.13 Å². The first-order valence-electron chi connectivity index (χ1n) is 11.1. The summed E-state index contributed by atoms with van der Waals surface area (Å²) in [5.41, 5.74) is 0.749. The normalized spacial score (nSPS) is 17.1. The maximum atomic E-state index is 13.2. The van der Waals surface area contributed by atoms with E-state index in [1.165, 1.54) is 16.2 Å². The molecule has 1 N–H and O–H groups in total. The van der Waals surface area contributed by atoms with Crippen LogP contribution in [0.15, 0.2) is 47.4 Å². The van der Waals surface area contributed by atoms with Crippen LogP contribution in [-0.4, -0.2) is 41.0 Å². The molecule has 4 rings (SSSR count). The van der Waals surface area contributed by atoms with Crippen LogP contribution in [0.2, 0.25) is 0 Å². The summed E-state index contributed by atoms with van der Waals surface area (Å²) in [4.78, 5) is 45.3. The van der Waals surface area contributed by atoms with E-state index in [-0.39, 0.29) is 27.9 Å². The van der Waals surface area contributed by atoms with Crippen molar-refractivity contribution in [1.29, 1.82) is 0 Å². The number of esters is 1. The van der Waals surface area contributed by atoms with Crippen LogP contribution in [0, 0.1) is 6.92 Å². The van der Waals surface area contributed by atoms with Crippen LogP contribution < -0.4 is 9.64 Å². The molecule has 1 amide bonds. The van der Waals surface area contributed by atoms with Crippen molar-refractivity contribution in [3.63, 3.8) is 0 Å². The second kappa shape index (κ2) is 10.4. The third kappa shape index (κ3) is 4.71. The molecule has 0 spiro atoms. The van der Waals surface area contributed by atoms with Crippen LogP contribution in [0.25, 0.3) is 5.76 Å². The van der Waals surface area contributed by atoms with Crippen molar-refractivity contribution in [2.75, 3.05) is 18.1 Å². The number of ether oxygens (including phenoxy) is 2. The molecule has 1 saturated heterocycles. The fraction of sp³-hybridized carbons (Fsp3) is 0.280. The van der Waals surface area contributed by atoms with Gasteiger partial charge in [-0.25, -0.2) is 9.78 Å². The van der Waals surface area contributed by atoms with Crippen LogP contribution in [0.1, 0.15) is 52.1 Å². The number of Topliss-reactive ketones (excluding diaryl/α,β-unsaturated/α-hetero) is 1. The van der Waals surface area contributed by atoms with E-state index in [4.69, 9.17) is 9.47 Å². The number of hydrogen-bond donors (Lipinski definition) is 1. The van der Waals surface area contributed by atoms with Crippen molar-refractivity contribution in [2.45, 2.75) is 33.2 Å². The lowest BCUT2D eigenvalue weighted by Gasteiger charge is -2.21. The number of ketones is 1. The minimum Gasteiger partial charge on any atom is -0.507 e. The highest BCUT2D eigenvalue weighted by Gasteiger charge is 2.48. The summed E-state index contributed by atoms with van der Waals surface area (Å²) in [6.07, 6.45) is 0.861. The second-order valence-electron chi connectivity index (χ2n) is 7.69. The predicted molar refractivity (Wildman–Crippen MR) is 134 cm³/mol. The topological polar surface area (TPSA) is 106 Å². The number of amides is 1. The number of aryl methyl sites for hydroxylation is 1. The molecule has 10 heteroatoms. The first kappa shape index (κ1) is 24.6. The van der Waals surface area contributed by atoms with Gasteiger partial charge in [0.1, 0.15) is 22.4 Å². The van der Waals surface area contributed by atoms with Gasteiger partial charge < -0.3 is 14.6 Å². The summed E-state index contributed by atoms with van der Waals surface area (Å²) in [5, 5.41) is 13.2. The van der Waals surface area contributed by atoms with Crippen LogP contribution in [-0.2, 0) is 14.3 Å². The summed E-state index contributed by atoms with van der Waals surface area (Å²) in [7, 11) is 0. The second-order valence-corrected chi connectivity index (χ2v) is 9.65. The van der Waals surface area contributed by atoms with E-state index in [9.17, 15) is 19.5 Å². The largest absolute Gasteiger partial charge is 0.507 e. The number of carbonyl (C=O) groups excluding carboxylic acids is 3. The highest BCUT2D eigenvalue weighted by molar-refractivity contribution is 7.18. The van der Waals surface area contributed by atoms with E-state index in [0.29, 0.717) is 28.5 Å². The van der Waals surface area contributed by atoms with Gasteiger partial charge in [-0.05, 0) is 56.0 Å². The SMILES string of the molecule is CCCOc1ccc(/C(O)=C2\C(=O)C(=O)N(c3nc(C)c(C(=O)OCC)s3)[C@H]2c2cccs2)cc1. The molecule has 1 aromatic carbocycles. The van der Waals surface area contributed by atoms with Crippen molar-refractivity contribution in [1.82, 2.24) is 4.98 Å². The van der Waals surface area contributed by atoms with Gasteiger partial charge in [-0.2, -0.15) is 0 Å². The number of aromatic nitrogens is 1. The molecule has 3 heterocycles. The van der Waals surface area contributed by atoms with Crippen molar-refractivity contribution in [3.05, 3.63) is 68.4 Å². The minimum absolute atomic E-state index is 0.0368. The number of carbonyl (C=O) groups is 3. The first-order chi connectivity index (χ1) is 16.9. The average Bonchev–Trinajstić information content (AvgIpc) is 3.57. The molecule has 0 saturated carbocycles. The number of hydrogen-bond acceptors (Lipinski definition) is 9. The Kier molecular flexibility index (Phi) is 7.32. The lowest BCUT2D eigenvalue weighted by Crippen LogP contribution is -2.29. The number of benzene rings is 1. The molecular formula is C25H24N2O6S2. The Balaban J connectivity index is 1.79. The Bertz CT molecular complexity index is 1280. The van der Waals surface area contributed by atoms with Gasteiger partial charge in [0, 0.05) is 10.4 Å². The molecule has 3 aromatic rings. The van der Waals surface area contributed by atoms with Gasteiger partial charge in [-0.3, -0.25) is 14.5 Å². The molecule has 0 aliphatic carbocycles. The van der Waals surface area contributed by atoms with Crippen molar-refractivity contribution in [3.8, 4) is 5.75 Å². The summed E-state index contributed by atoms with van der Waals surface area (Å²) in [5.74, 6) is -1.83. The molecule has 8 nitrogen and oxygen atoms in total. The van der Waals surface area contributed by atoms with Crippen LogP contribution in [0.5, 0.6) is 5.75 Å². The number of thiophene rings is 1. The summed E-state index contributed by atoms with van der Waals surface area (Å²) in [6, 6.07) is 9.41. The van der Waals surface area contributed by atoms with Crippen LogP contribution in [0.3, 0.4) is 0 Å². The van der Waals surface area contributed by atoms with Gasteiger partial charge in [0.15, 0.2) is 5.13 Å². The zero-order valence-corrected chi connectivity index (χ0v) is 21.1. The van der Waals surface area contributed by atoms with E-state index in [1.54, 1.807) is 50.2 Å².